The van der Waals surface area contributed by atoms with Crippen molar-refractivity contribution < 1.29 is 9.53 Å². The Morgan fingerprint density at radius 3 is 3.00 bits per heavy atom. The largest absolute Gasteiger partial charge is 0.376 e. The van der Waals surface area contributed by atoms with E-state index in [0.29, 0.717) is 29.8 Å². The predicted molar refractivity (Wildman–Crippen MR) is 99.8 cm³/mol. The van der Waals surface area contributed by atoms with Crippen LogP contribution in [0.1, 0.15) is 28.8 Å². The van der Waals surface area contributed by atoms with E-state index in [1.807, 2.05) is 13.0 Å². The summed E-state index contributed by atoms with van der Waals surface area (Å²) in [5.41, 5.74) is 1.69. The van der Waals surface area contributed by atoms with Crippen molar-refractivity contribution in [3.63, 3.8) is 0 Å². The van der Waals surface area contributed by atoms with Gasteiger partial charge in [-0.3, -0.25) is 19.4 Å². The van der Waals surface area contributed by atoms with Crippen molar-refractivity contribution >= 4 is 22.6 Å². The van der Waals surface area contributed by atoms with Gasteiger partial charge in [-0.15, -0.1) is 0 Å². The van der Waals surface area contributed by atoms with Crippen LogP contribution in [0.25, 0.3) is 16.7 Å². The monoisotopic (exact) mass is 367 g/mol. The number of amides is 1. The molecule has 1 amide bonds. The van der Waals surface area contributed by atoms with Gasteiger partial charge in [-0.1, -0.05) is 6.07 Å². The fourth-order valence-corrected chi connectivity index (χ4v) is 3.46. The molecule has 3 aromatic heterocycles. The first-order valence-electron chi connectivity index (χ1n) is 8.93. The van der Waals surface area contributed by atoms with Gasteiger partial charge in [0.25, 0.3) is 11.5 Å². The smallest absolute Gasteiger partial charge is 0.267 e. The van der Waals surface area contributed by atoms with Crippen molar-refractivity contribution in [2.75, 3.05) is 13.2 Å². The van der Waals surface area contributed by atoms with E-state index in [4.69, 9.17) is 10.1 Å². The fraction of sp³-hybridized carbons (Fsp3) is 0.368. The molecular formula is C19H21N5O3. The molecule has 1 aliphatic rings. The minimum Gasteiger partial charge on any atom is -0.376 e. The molecule has 1 saturated heterocycles. The van der Waals surface area contributed by atoms with Crippen molar-refractivity contribution in [1.29, 1.82) is 5.41 Å². The second-order valence-corrected chi connectivity index (χ2v) is 6.85. The highest BCUT2D eigenvalue weighted by molar-refractivity contribution is 5.96. The van der Waals surface area contributed by atoms with Crippen molar-refractivity contribution in [3.8, 4) is 0 Å². The van der Waals surface area contributed by atoms with Crippen LogP contribution >= 0.6 is 0 Å². The summed E-state index contributed by atoms with van der Waals surface area (Å²) in [6.07, 6.45) is 3.57. The molecule has 0 unspecified atom stereocenters. The fourth-order valence-electron chi connectivity index (χ4n) is 3.46. The lowest BCUT2D eigenvalue weighted by Gasteiger charge is -2.13. The third-order valence-electron chi connectivity index (χ3n) is 5.02. The summed E-state index contributed by atoms with van der Waals surface area (Å²) in [5.74, 6) is -0.387. The molecule has 0 spiro atoms. The van der Waals surface area contributed by atoms with E-state index in [2.05, 4.69) is 10.3 Å². The molecule has 1 atom stereocenters. The molecule has 4 rings (SSSR count). The maximum absolute atomic E-state index is 12.9. The summed E-state index contributed by atoms with van der Waals surface area (Å²) in [7, 11) is 1.64. The second-order valence-electron chi connectivity index (χ2n) is 6.85. The maximum Gasteiger partial charge on any atom is 0.267 e. The molecular weight excluding hydrogens is 346 g/mol. The summed E-state index contributed by atoms with van der Waals surface area (Å²) in [6.45, 7) is 2.99. The number of nitrogens with zero attached hydrogens (tertiary/aromatic N) is 3. The molecule has 2 N–H and O–H groups in total. The number of nitrogens with one attached hydrogen (secondary N) is 2. The minimum absolute atomic E-state index is 0.0107. The van der Waals surface area contributed by atoms with E-state index < -0.39 is 0 Å². The van der Waals surface area contributed by atoms with Gasteiger partial charge in [0.2, 0.25) is 0 Å². The zero-order valence-corrected chi connectivity index (χ0v) is 15.3. The van der Waals surface area contributed by atoms with Crippen molar-refractivity contribution in [3.05, 3.63) is 51.4 Å². The quantitative estimate of drug-likeness (QED) is 0.671. The Balaban J connectivity index is 1.83. The number of rotatable bonds is 3. The van der Waals surface area contributed by atoms with Gasteiger partial charge in [0.15, 0.2) is 0 Å². The minimum atomic E-state index is -0.387. The summed E-state index contributed by atoms with van der Waals surface area (Å²) in [5, 5.41) is 11.5. The van der Waals surface area contributed by atoms with Crippen molar-refractivity contribution in [2.24, 2.45) is 7.05 Å². The standard InChI is InChI=1S/C19H21N5O3/c1-11-5-3-7-24-16(11)22-17-14(19(24)26)9-13(15(20)23(17)2)18(25)21-10-12-6-4-8-27-12/h3,5,7,9,12,20H,4,6,8,10H2,1-2H3,(H,21,25)/t12-/m0/s1. The second kappa shape index (κ2) is 6.62. The highest BCUT2D eigenvalue weighted by atomic mass is 16.5. The molecule has 0 radical (unpaired) electrons. The van der Waals surface area contributed by atoms with Crippen LogP contribution in [0.5, 0.6) is 0 Å². The third kappa shape index (κ3) is 2.91. The molecule has 8 heteroatoms. The molecule has 27 heavy (non-hydrogen) atoms. The topological polar surface area (TPSA) is 101 Å². The SMILES string of the molecule is Cc1cccn2c(=O)c3cc(C(=O)NC[C@@H]4CCCO4)c(=N)n(C)c3nc12. The summed E-state index contributed by atoms with van der Waals surface area (Å²) < 4.78 is 8.46. The molecule has 0 aromatic carbocycles. The number of hydrogen-bond donors (Lipinski definition) is 2. The molecule has 0 aliphatic carbocycles. The van der Waals surface area contributed by atoms with Crippen LogP contribution in [0.15, 0.2) is 29.2 Å². The Morgan fingerprint density at radius 1 is 1.44 bits per heavy atom. The summed E-state index contributed by atoms with van der Waals surface area (Å²) in [6, 6.07) is 5.13. The van der Waals surface area contributed by atoms with E-state index in [-0.39, 0.29) is 28.6 Å². The normalized spacial score (nSPS) is 16.9. The number of aryl methyl sites for hydroxylation is 2. The van der Waals surface area contributed by atoms with Crippen LogP contribution < -0.4 is 16.4 Å². The summed E-state index contributed by atoms with van der Waals surface area (Å²) >= 11 is 0. The first-order valence-corrected chi connectivity index (χ1v) is 8.93. The molecule has 0 bridgehead atoms. The first kappa shape index (κ1) is 17.4. The van der Waals surface area contributed by atoms with E-state index in [1.165, 1.54) is 15.0 Å². The summed E-state index contributed by atoms with van der Waals surface area (Å²) in [4.78, 5) is 30.1. The zero-order chi connectivity index (χ0) is 19.1. The number of fused-ring (bicyclic) bond motifs is 2. The maximum atomic E-state index is 12.9. The highest BCUT2D eigenvalue weighted by Crippen LogP contribution is 2.13. The van der Waals surface area contributed by atoms with Gasteiger partial charge in [-0.05, 0) is 37.5 Å². The average molecular weight is 367 g/mol. The zero-order valence-electron chi connectivity index (χ0n) is 15.3. The average Bonchev–Trinajstić information content (AvgIpc) is 3.18. The van der Waals surface area contributed by atoms with Crippen molar-refractivity contribution in [1.82, 2.24) is 19.3 Å². The first-order chi connectivity index (χ1) is 13.0. The lowest BCUT2D eigenvalue weighted by Crippen LogP contribution is -2.37. The number of carbonyl (C=O) groups excluding carboxylic acids is 1. The van der Waals surface area contributed by atoms with E-state index in [0.717, 1.165) is 18.4 Å². The Kier molecular flexibility index (Phi) is 4.27. The van der Waals surface area contributed by atoms with Crippen LogP contribution in [-0.2, 0) is 11.8 Å². The third-order valence-corrected chi connectivity index (χ3v) is 5.02. The van der Waals surface area contributed by atoms with Gasteiger partial charge in [-0.2, -0.15) is 0 Å². The van der Waals surface area contributed by atoms with E-state index in [9.17, 15) is 9.59 Å². The van der Waals surface area contributed by atoms with Gasteiger partial charge in [0.05, 0.1) is 17.1 Å². The predicted octanol–water partition coefficient (Wildman–Crippen LogP) is 0.883. The number of carbonyl (C=O) groups is 1. The molecule has 0 saturated carbocycles. The van der Waals surface area contributed by atoms with Crippen LogP contribution in [-0.4, -0.2) is 39.1 Å². The number of pyridine rings is 2. The number of hydrogen-bond acceptors (Lipinski definition) is 5. The lowest BCUT2D eigenvalue weighted by atomic mass is 10.2. The molecule has 140 valence electrons. The van der Waals surface area contributed by atoms with Gasteiger partial charge >= 0.3 is 0 Å². The van der Waals surface area contributed by atoms with Crippen LogP contribution in [0, 0.1) is 12.3 Å². The lowest BCUT2D eigenvalue weighted by molar-refractivity contribution is 0.0856. The number of aromatic nitrogens is 3. The van der Waals surface area contributed by atoms with Gasteiger partial charge in [0, 0.05) is 26.4 Å². The van der Waals surface area contributed by atoms with E-state index in [1.54, 1.807) is 19.3 Å². The number of ether oxygens (including phenoxy) is 1. The van der Waals surface area contributed by atoms with Gasteiger partial charge < -0.3 is 14.6 Å². The van der Waals surface area contributed by atoms with Crippen LogP contribution in [0.3, 0.4) is 0 Å². The van der Waals surface area contributed by atoms with E-state index >= 15 is 0 Å². The van der Waals surface area contributed by atoms with Crippen LogP contribution in [0.2, 0.25) is 0 Å². The molecule has 1 fully saturated rings. The molecule has 3 aromatic rings. The molecule has 4 heterocycles. The Bertz CT molecular complexity index is 1170. The Labute approximate surface area is 154 Å². The Hall–Kier alpha value is -3.00. The van der Waals surface area contributed by atoms with Gasteiger partial charge in [0.1, 0.15) is 16.8 Å². The van der Waals surface area contributed by atoms with Crippen LogP contribution in [0.4, 0.5) is 0 Å². The molecule has 1 aliphatic heterocycles. The van der Waals surface area contributed by atoms with Gasteiger partial charge in [-0.25, -0.2) is 4.98 Å². The Morgan fingerprint density at radius 2 is 2.26 bits per heavy atom. The highest BCUT2D eigenvalue weighted by Gasteiger charge is 2.19. The molecule has 8 nitrogen and oxygen atoms in total. The van der Waals surface area contributed by atoms with Crippen molar-refractivity contribution in [2.45, 2.75) is 25.9 Å².